The summed E-state index contributed by atoms with van der Waals surface area (Å²) >= 11 is 0.852. The minimum Gasteiger partial charge on any atom is -0.463 e. The molecule has 2 aromatic rings. The fourth-order valence-corrected chi connectivity index (χ4v) is 2.16. The van der Waals surface area contributed by atoms with Crippen molar-refractivity contribution in [2.75, 3.05) is 0 Å². The van der Waals surface area contributed by atoms with Gasteiger partial charge in [-0.3, -0.25) is 9.59 Å². The van der Waals surface area contributed by atoms with Gasteiger partial charge in [0.15, 0.2) is 0 Å². The number of rotatable bonds is 6. The molecule has 2 rings (SSSR count). The van der Waals surface area contributed by atoms with Crippen LogP contribution in [0.1, 0.15) is 26.7 Å². The third kappa shape index (κ3) is 5.38. The average molecular weight is 326 g/mol. The Kier molecular flexibility index (Phi) is 6.87. The number of benzene rings is 1. The Labute approximate surface area is 132 Å². The molecule has 0 saturated heterocycles. The lowest BCUT2D eigenvalue weighted by Gasteiger charge is -2.06. The van der Waals surface area contributed by atoms with Crippen LogP contribution >= 0.6 is 12.0 Å². The highest BCUT2D eigenvalue weighted by Gasteiger charge is 2.12. The number of hydrogen-bond acceptors (Lipinski definition) is 6. The van der Waals surface area contributed by atoms with Gasteiger partial charge in [-0.05, 0) is 26.0 Å². The first-order valence-corrected chi connectivity index (χ1v) is 7.30. The van der Waals surface area contributed by atoms with Crippen LogP contribution in [0.2, 0.25) is 0 Å². The van der Waals surface area contributed by atoms with Crippen molar-refractivity contribution < 1.29 is 18.5 Å². The summed E-state index contributed by atoms with van der Waals surface area (Å²) in [6.07, 6.45) is -0.185. The van der Waals surface area contributed by atoms with Gasteiger partial charge in [0, 0.05) is 0 Å². The van der Waals surface area contributed by atoms with Crippen LogP contribution in [0.4, 0.5) is 0 Å². The van der Waals surface area contributed by atoms with Crippen LogP contribution < -0.4 is 6.15 Å². The van der Waals surface area contributed by atoms with Crippen molar-refractivity contribution >= 4 is 35.0 Å². The number of imidazole rings is 1. The largest absolute Gasteiger partial charge is 0.463 e. The number of H-pyrrole nitrogens is 1. The lowest BCUT2D eigenvalue weighted by Crippen LogP contribution is -2.13. The van der Waals surface area contributed by atoms with Gasteiger partial charge in [-0.1, -0.05) is 12.1 Å². The second-order valence-electron chi connectivity index (χ2n) is 4.64. The first-order chi connectivity index (χ1) is 10.0. The van der Waals surface area contributed by atoms with E-state index in [0.717, 1.165) is 23.1 Å². The Hall–Kier alpha value is -2.06. The highest BCUT2D eigenvalue weighted by Crippen LogP contribution is 2.20. The molecule has 8 heteroatoms. The Morgan fingerprint density at radius 1 is 1.23 bits per heavy atom. The molecule has 0 unspecified atom stereocenters. The van der Waals surface area contributed by atoms with Crippen molar-refractivity contribution in [1.82, 2.24) is 16.1 Å². The summed E-state index contributed by atoms with van der Waals surface area (Å²) in [6, 6.07) is 7.51. The second-order valence-corrected chi connectivity index (χ2v) is 5.36. The molecule has 0 fully saturated rings. The Morgan fingerprint density at radius 2 is 1.91 bits per heavy atom. The van der Waals surface area contributed by atoms with Gasteiger partial charge in [-0.15, -0.1) is 0 Å². The first-order valence-electron chi connectivity index (χ1n) is 6.56. The van der Waals surface area contributed by atoms with Crippen LogP contribution in [0.5, 0.6) is 0 Å². The predicted molar refractivity (Wildman–Crippen MR) is 84.5 cm³/mol. The zero-order chi connectivity index (χ0) is 15.2. The summed E-state index contributed by atoms with van der Waals surface area (Å²) in [5.74, 6) is -0.892. The molecule has 0 aliphatic carbocycles. The average Bonchev–Trinajstić information content (AvgIpc) is 2.85. The van der Waals surface area contributed by atoms with E-state index in [1.807, 2.05) is 24.3 Å². The van der Waals surface area contributed by atoms with E-state index in [4.69, 9.17) is 8.92 Å². The Bertz CT molecular complexity index is 609. The number of para-hydroxylation sites is 2. The molecule has 0 amide bonds. The van der Waals surface area contributed by atoms with Crippen LogP contribution in [-0.4, -0.2) is 28.0 Å². The molecular weight excluding hydrogens is 306 g/mol. The molecule has 1 heterocycles. The molecule has 7 nitrogen and oxygen atoms in total. The summed E-state index contributed by atoms with van der Waals surface area (Å²) < 4.78 is 9.92. The number of aromatic amines is 1. The van der Waals surface area contributed by atoms with Crippen LogP contribution in [0.25, 0.3) is 11.0 Å². The first kappa shape index (κ1) is 18.0. The van der Waals surface area contributed by atoms with E-state index in [9.17, 15) is 9.59 Å². The predicted octanol–water partition coefficient (Wildman–Crippen LogP) is 3.22. The van der Waals surface area contributed by atoms with Gasteiger partial charge in [-0.2, -0.15) is 0 Å². The standard InChI is InChI=1S/C14H16N2O4S.H3N/c1-9(2)19-12(17)7-8-13(18)20-21-14-15-10-5-3-4-6-11(10)16-14;/h3-6,9H,7-8H2,1-2H3,(H,15,16);1H3/p+1. The number of carbonyl (C=O) groups is 2. The lowest BCUT2D eigenvalue weighted by molar-refractivity contribution is -0.149. The van der Waals surface area contributed by atoms with E-state index < -0.39 is 11.9 Å². The molecule has 22 heavy (non-hydrogen) atoms. The third-order valence-electron chi connectivity index (χ3n) is 2.48. The van der Waals surface area contributed by atoms with Gasteiger partial charge in [-0.25, -0.2) is 4.98 Å². The molecule has 0 aliphatic heterocycles. The maximum Gasteiger partial charge on any atom is 0.318 e. The lowest BCUT2D eigenvalue weighted by atomic mass is 10.3. The minimum absolute atomic E-state index is 0. The number of quaternary nitrogens is 1. The maximum absolute atomic E-state index is 11.5. The number of carbonyl (C=O) groups excluding carboxylic acids is 2. The molecule has 0 atom stereocenters. The molecule has 0 spiro atoms. The monoisotopic (exact) mass is 326 g/mol. The SMILES string of the molecule is CC(C)OC(=O)CCC(=O)OSc1nc2ccccc2[nH]1.[NH4+]. The van der Waals surface area contributed by atoms with Crippen molar-refractivity contribution in [3.63, 3.8) is 0 Å². The number of hydrogen-bond donors (Lipinski definition) is 2. The van der Waals surface area contributed by atoms with Crippen LogP contribution in [0, 0.1) is 0 Å². The minimum atomic E-state index is -0.485. The Balaban J connectivity index is 0.00000242. The summed E-state index contributed by atoms with van der Waals surface area (Å²) in [5, 5.41) is 0.495. The normalized spacial score (nSPS) is 10.3. The molecule has 0 radical (unpaired) electrons. The number of aromatic nitrogens is 2. The van der Waals surface area contributed by atoms with Gasteiger partial charge in [0.25, 0.3) is 0 Å². The van der Waals surface area contributed by atoms with E-state index in [0.29, 0.717) is 5.16 Å². The summed E-state index contributed by atoms with van der Waals surface area (Å²) in [6.45, 7) is 3.52. The smallest absolute Gasteiger partial charge is 0.318 e. The highest BCUT2D eigenvalue weighted by molar-refractivity contribution is 7.94. The summed E-state index contributed by atoms with van der Waals surface area (Å²) in [7, 11) is 0. The molecule has 5 N–H and O–H groups in total. The fraction of sp³-hybridized carbons (Fsp3) is 0.357. The number of nitrogens with zero attached hydrogens (tertiary/aromatic N) is 1. The van der Waals surface area contributed by atoms with Gasteiger partial charge < -0.3 is 20.1 Å². The third-order valence-corrected chi connectivity index (χ3v) is 3.10. The number of fused-ring (bicyclic) bond motifs is 1. The summed E-state index contributed by atoms with van der Waals surface area (Å²) in [4.78, 5) is 30.1. The number of nitrogens with one attached hydrogen (secondary N) is 1. The molecule has 120 valence electrons. The van der Waals surface area contributed by atoms with E-state index in [1.165, 1.54) is 0 Å². The van der Waals surface area contributed by atoms with Crippen LogP contribution in [-0.2, 0) is 18.5 Å². The van der Waals surface area contributed by atoms with Crippen molar-refractivity contribution in [2.24, 2.45) is 0 Å². The van der Waals surface area contributed by atoms with Gasteiger partial charge in [0.2, 0.25) is 5.16 Å². The number of ether oxygens (including phenoxy) is 1. The van der Waals surface area contributed by atoms with Gasteiger partial charge >= 0.3 is 11.9 Å². The highest BCUT2D eigenvalue weighted by atomic mass is 32.2. The van der Waals surface area contributed by atoms with Gasteiger partial charge in [0.05, 0.1) is 30.0 Å². The zero-order valence-corrected chi connectivity index (χ0v) is 13.6. The summed E-state index contributed by atoms with van der Waals surface area (Å²) in [5.41, 5.74) is 1.67. The quantitative estimate of drug-likeness (QED) is 0.621. The second kappa shape index (κ2) is 8.40. The van der Waals surface area contributed by atoms with Crippen molar-refractivity contribution in [3.8, 4) is 0 Å². The van der Waals surface area contributed by atoms with Crippen molar-refractivity contribution in [2.45, 2.75) is 37.9 Å². The van der Waals surface area contributed by atoms with E-state index >= 15 is 0 Å². The van der Waals surface area contributed by atoms with E-state index in [2.05, 4.69) is 9.97 Å². The van der Waals surface area contributed by atoms with Crippen molar-refractivity contribution in [3.05, 3.63) is 24.3 Å². The maximum atomic E-state index is 11.5. The molecule has 0 bridgehead atoms. The van der Waals surface area contributed by atoms with Crippen molar-refractivity contribution in [1.29, 1.82) is 0 Å². The fourth-order valence-electron chi connectivity index (χ4n) is 1.62. The molecule has 0 saturated carbocycles. The Morgan fingerprint density at radius 3 is 2.59 bits per heavy atom. The van der Waals surface area contributed by atoms with Crippen LogP contribution in [0.15, 0.2) is 29.4 Å². The van der Waals surface area contributed by atoms with Gasteiger partial charge in [0.1, 0.15) is 12.0 Å². The van der Waals surface area contributed by atoms with Crippen LogP contribution in [0.3, 0.4) is 0 Å². The van der Waals surface area contributed by atoms with E-state index in [1.54, 1.807) is 13.8 Å². The topological polar surface area (TPSA) is 118 Å². The molecule has 1 aromatic heterocycles. The van der Waals surface area contributed by atoms with E-state index in [-0.39, 0.29) is 25.1 Å². The molecule has 0 aliphatic rings. The molecule has 1 aromatic carbocycles. The number of esters is 1. The zero-order valence-electron chi connectivity index (χ0n) is 12.8. The molecular formula is C14H20N3O4S+.